The Morgan fingerprint density at radius 3 is 2.29 bits per heavy atom. The molecule has 0 bridgehead atoms. The molecule has 0 aliphatic carbocycles. The molecule has 164 valence electrons. The molecule has 1 aliphatic heterocycles. The number of carbonyl (C=O) groups excluding carboxylic acids is 1. The van der Waals surface area contributed by atoms with Crippen molar-refractivity contribution in [3.63, 3.8) is 0 Å². The van der Waals surface area contributed by atoms with E-state index < -0.39 is 12.0 Å². The van der Waals surface area contributed by atoms with Gasteiger partial charge in [0, 0.05) is 36.7 Å². The number of nitrogens with zero attached hydrogens (tertiary/aromatic N) is 2. The quantitative estimate of drug-likeness (QED) is 0.420. The van der Waals surface area contributed by atoms with Crippen molar-refractivity contribution in [3.05, 3.63) is 59.9 Å². The number of aliphatic carboxylic acids is 1. The molecule has 6 nitrogen and oxygen atoms in total. The fraction of sp³-hybridized carbons (Fsp3) is 0.348. The van der Waals surface area contributed by atoms with E-state index in [4.69, 9.17) is 0 Å². The molecule has 0 radical (unpaired) electrons. The normalized spacial score (nSPS) is 14.7. The molecule has 1 aromatic heterocycles. The number of amides is 1. The topological polar surface area (TPSA) is 73.5 Å². The van der Waals surface area contributed by atoms with Crippen LogP contribution >= 0.6 is 21.6 Å². The second-order valence-corrected chi connectivity index (χ2v) is 9.94. The van der Waals surface area contributed by atoms with Gasteiger partial charge in [-0.2, -0.15) is 4.57 Å². The number of carbonyl (C=O) groups is 2. The number of aromatic nitrogens is 1. The van der Waals surface area contributed by atoms with Crippen LogP contribution in [0.5, 0.6) is 0 Å². The van der Waals surface area contributed by atoms with Gasteiger partial charge in [0.25, 0.3) is 5.91 Å². The van der Waals surface area contributed by atoms with E-state index in [1.54, 1.807) is 4.57 Å². The third-order valence-corrected chi connectivity index (χ3v) is 6.88. The molecule has 1 amide bonds. The summed E-state index contributed by atoms with van der Waals surface area (Å²) in [6.45, 7) is 2.37. The van der Waals surface area contributed by atoms with E-state index in [2.05, 4.69) is 40.6 Å². The molecule has 31 heavy (non-hydrogen) atoms. The molecule has 0 saturated carbocycles. The number of hydrogen-bond acceptors (Lipinski definition) is 5. The van der Waals surface area contributed by atoms with Crippen molar-refractivity contribution in [1.29, 1.82) is 0 Å². The van der Waals surface area contributed by atoms with E-state index >= 15 is 0 Å². The van der Waals surface area contributed by atoms with Crippen LogP contribution in [0.4, 0.5) is 5.69 Å². The van der Waals surface area contributed by atoms with Crippen LogP contribution in [0, 0.1) is 0 Å². The molecule has 1 aromatic carbocycles. The maximum absolute atomic E-state index is 12.2. The van der Waals surface area contributed by atoms with Gasteiger partial charge < -0.3 is 15.3 Å². The molecule has 1 atom stereocenters. The minimum absolute atomic E-state index is 0.0790. The van der Waals surface area contributed by atoms with Crippen LogP contribution in [-0.2, 0) is 16.1 Å². The van der Waals surface area contributed by atoms with Crippen LogP contribution in [0.25, 0.3) is 12.2 Å². The third-order valence-electron chi connectivity index (χ3n) is 5.06. The molecule has 1 unspecified atom stereocenters. The molecular weight excluding hydrogens is 430 g/mol. The Kier molecular flexibility index (Phi) is 8.85. The van der Waals surface area contributed by atoms with E-state index in [9.17, 15) is 14.7 Å². The monoisotopic (exact) mass is 458 g/mol. The molecule has 2 heterocycles. The standard InChI is InChI=1S/C23H27N3O3S2/c1-30-31-17-21(23(28)29)24-22(27)16-25-14-10-19(11-15-25)5-4-18-6-8-20(9-7-18)26-12-2-3-13-26/h4-11,14-15,21H,2-3,12-13,16-17H2,1H3,(H-,24,27,28,29)/p+1. The number of benzene rings is 1. The van der Waals surface area contributed by atoms with Crippen molar-refractivity contribution in [1.82, 2.24) is 5.32 Å². The zero-order valence-electron chi connectivity index (χ0n) is 17.6. The van der Waals surface area contributed by atoms with Gasteiger partial charge in [0.2, 0.25) is 6.54 Å². The summed E-state index contributed by atoms with van der Waals surface area (Å²) in [6.07, 6.45) is 12.2. The van der Waals surface area contributed by atoms with E-state index in [1.165, 1.54) is 40.1 Å². The predicted octanol–water partition coefficient (Wildman–Crippen LogP) is 3.33. The molecular formula is C23H28N3O3S2+. The number of carboxylic acid groups (broad SMARTS) is 1. The van der Waals surface area contributed by atoms with Gasteiger partial charge in [-0.15, -0.1) is 0 Å². The first-order valence-electron chi connectivity index (χ1n) is 10.2. The molecule has 3 rings (SSSR count). The first-order valence-corrected chi connectivity index (χ1v) is 13.0. The highest BCUT2D eigenvalue weighted by molar-refractivity contribution is 8.76. The van der Waals surface area contributed by atoms with Crippen LogP contribution in [-0.4, -0.2) is 48.1 Å². The predicted molar refractivity (Wildman–Crippen MR) is 129 cm³/mol. The first-order chi connectivity index (χ1) is 15.0. The van der Waals surface area contributed by atoms with Gasteiger partial charge in [0.1, 0.15) is 6.04 Å². The Bertz CT molecular complexity index is 895. The van der Waals surface area contributed by atoms with Gasteiger partial charge in [0.05, 0.1) is 0 Å². The summed E-state index contributed by atoms with van der Waals surface area (Å²) < 4.78 is 1.73. The first kappa shape index (κ1) is 23.2. The number of hydrogen-bond donors (Lipinski definition) is 2. The Balaban J connectivity index is 1.52. The minimum Gasteiger partial charge on any atom is -0.480 e. The highest BCUT2D eigenvalue weighted by Crippen LogP contribution is 2.21. The number of nitrogens with one attached hydrogen (secondary N) is 1. The Labute approximate surface area is 191 Å². The fourth-order valence-electron chi connectivity index (χ4n) is 3.37. The van der Waals surface area contributed by atoms with Crippen molar-refractivity contribution in [2.24, 2.45) is 0 Å². The Hall–Kier alpha value is -2.45. The van der Waals surface area contributed by atoms with Crippen molar-refractivity contribution < 1.29 is 19.3 Å². The van der Waals surface area contributed by atoms with Crippen LogP contribution < -0.4 is 14.8 Å². The van der Waals surface area contributed by atoms with E-state index in [0.29, 0.717) is 5.75 Å². The molecule has 2 N–H and O–H groups in total. The molecule has 1 saturated heterocycles. The summed E-state index contributed by atoms with van der Waals surface area (Å²) >= 11 is 0. The van der Waals surface area contributed by atoms with E-state index in [1.807, 2.05) is 36.9 Å². The molecule has 2 aromatic rings. The summed E-state index contributed by atoms with van der Waals surface area (Å²) in [4.78, 5) is 25.9. The lowest BCUT2D eigenvalue weighted by atomic mass is 10.1. The molecule has 1 aliphatic rings. The van der Waals surface area contributed by atoms with E-state index in [-0.39, 0.29) is 12.5 Å². The van der Waals surface area contributed by atoms with Crippen LogP contribution in [0.3, 0.4) is 0 Å². The van der Waals surface area contributed by atoms with Gasteiger partial charge in [-0.05, 0) is 42.4 Å². The zero-order chi connectivity index (χ0) is 22.1. The maximum Gasteiger partial charge on any atom is 0.327 e. The molecule has 0 spiro atoms. The second-order valence-electron chi connectivity index (χ2n) is 7.33. The van der Waals surface area contributed by atoms with Crippen molar-refractivity contribution in [2.45, 2.75) is 25.4 Å². The van der Waals surface area contributed by atoms with Crippen LogP contribution in [0.1, 0.15) is 24.0 Å². The molecule has 8 heteroatoms. The summed E-state index contributed by atoms with van der Waals surface area (Å²) in [5, 5.41) is 11.8. The highest BCUT2D eigenvalue weighted by atomic mass is 33.1. The average Bonchev–Trinajstić information content (AvgIpc) is 3.31. The fourth-order valence-corrected chi connectivity index (χ4v) is 4.68. The minimum atomic E-state index is -1.02. The van der Waals surface area contributed by atoms with Gasteiger partial charge in [-0.25, -0.2) is 4.79 Å². The van der Waals surface area contributed by atoms with Crippen molar-refractivity contribution in [3.8, 4) is 0 Å². The smallest absolute Gasteiger partial charge is 0.327 e. The summed E-state index contributed by atoms with van der Waals surface area (Å²) in [5.74, 6) is -1.01. The Morgan fingerprint density at radius 2 is 1.71 bits per heavy atom. The molecule has 1 fully saturated rings. The lowest BCUT2D eigenvalue weighted by Gasteiger charge is -2.17. The van der Waals surface area contributed by atoms with Crippen LogP contribution in [0.15, 0.2) is 48.8 Å². The van der Waals surface area contributed by atoms with Gasteiger partial charge in [0.15, 0.2) is 12.4 Å². The lowest BCUT2D eigenvalue weighted by molar-refractivity contribution is -0.684. The number of anilines is 1. The number of rotatable bonds is 10. The lowest BCUT2D eigenvalue weighted by Crippen LogP contribution is -2.49. The number of pyridine rings is 1. The van der Waals surface area contributed by atoms with Gasteiger partial charge in [-0.1, -0.05) is 45.9 Å². The summed E-state index contributed by atoms with van der Waals surface area (Å²) in [5.41, 5.74) is 3.45. The van der Waals surface area contributed by atoms with Crippen molar-refractivity contribution in [2.75, 3.05) is 30.0 Å². The Morgan fingerprint density at radius 1 is 1.10 bits per heavy atom. The highest BCUT2D eigenvalue weighted by Gasteiger charge is 2.21. The van der Waals surface area contributed by atoms with Gasteiger partial charge in [-0.3, -0.25) is 4.79 Å². The summed E-state index contributed by atoms with van der Waals surface area (Å²) in [7, 11) is 2.89. The largest absolute Gasteiger partial charge is 0.480 e. The van der Waals surface area contributed by atoms with Gasteiger partial charge >= 0.3 is 5.97 Å². The number of carboxylic acids is 1. The summed E-state index contributed by atoms with van der Waals surface area (Å²) in [6, 6.07) is 11.6. The van der Waals surface area contributed by atoms with Crippen LogP contribution in [0.2, 0.25) is 0 Å². The van der Waals surface area contributed by atoms with Crippen molar-refractivity contribution >= 4 is 51.3 Å². The maximum atomic E-state index is 12.2. The van der Waals surface area contributed by atoms with E-state index in [0.717, 1.165) is 24.2 Å². The average molecular weight is 459 g/mol. The SMILES string of the molecule is CSSCC(NC(=O)C[n+]1ccc(/C=C/c2ccc(N3CCCC3)cc2)cc1)C(=O)O. The third kappa shape index (κ3) is 7.33. The second kappa shape index (κ2) is 11.8. The zero-order valence-corrected chi connectivity index (χ0v) is 19.2.